The van der Waals surface area contributed by atoms with Gasteiger partial charge >= 0.3 is 0 Å². The van der Waals surface area contributed by atoms with Gasteiger partial charge in [0, 0.05) is 0 Å². The number of quaternary nitrogens is 1. The fraction of sp³-hybridized carbons (Fsp3) is 0.500. The maximum Gasteiger partial charge on any atom is 0.103 e. The number of allylic oxidation sites excluding steroid dienone is 1. The van der Waals surface area contributed by atoms with Gasteiger partial charge in [0.15, 0.2) is 0 Å². The zero-order chi connectivity index (χ0) is 6.85. The van der Waals surface area contributed by atoms with Crippen molar-refractivity contribution in [3.05, 3.63) is 17.3 Å². The number of amidine groups is 1. The predicted octanol–water partition coefficient (Wildman–Crippen LogP) is 0.0831. The number of hydrogen-bond donors (Lipinski definition) is 1. The quantitative estimate of drug-likeness (QED) is 0.475. The van der Waals surface area contributed by atoms with E-state index in [0.29, 0.717) is 0 Å². The minimum atomic E-state index is 0.854. The van der Waals surface area contributed by atoms with Crippen molar-refractivity contribution in [2.75, 3.05) is 7.05 Å². The van der Waals surface area contributed by atoms with Crippen LogP contribution in [0.1, 0.15) is 13.8 Å². The Morgan fingerprint density at radius 2 is 2.22 bits per heavy atom. The first-order valence-corrected chi connectivity index (χ1v) is 2.97. The Balaban J connectivity index is 2.74. The molecule has 0 saturated carbocycles. The van der Waals surface area contributed by atoms with Crippen LogP contribution in [0.15, 0.2) is 16.9 Å². The van der Waals surface area contributed by atoms with Crippen molar-refractivity contribution in [3.8, 4) is 0 Å². The van der Waals surface area contributed by atoms with Crippen molar-refractivity contribution in [1.29, 1.82) is 0 Å². The summed E-state index contributed by atoms with van der Waals surface area (Å²) in [6, 6.07) is 0. The molecule has 0 aromatic rings. The van der Waals surface area contributed by atoms with E-state index in [0.717, 1.165) is 16.5 Å². The monoisotopic (exact) mass is 125 g/mol. The summed E-state index contributed by atoms with van der Waals surface area (Å²) in [6.45, 7) is 3.88. The molecule has 0 aliphatic carbocycles. The Bertz CT molecular complexity index is 169. The minimum Gasteiger partial charge on any atom is -0.436 e. The Morgan fingerprint density at radius 3 is 2.67 bits per heavy atom. The molecule has 1 heterocycles. The third-order valence-corrected chi connectivity index (χ3v) is 1.09. The van der Waals surface area contributed by atoms with Crippen LogP contribution in [-0.2, 0) is 0 Å². The fourth-order valence-corrected chi connectivity index (χ4v) is 0.902. The third kappa shape index (κ3) is 1.54. The molecule has 1 rings (SSSR count). The molecule has 9 heavy (non-hydrogen) atoms. The summed E-state index contributed by atoms with van der Waals surface area (Å²) in [4.78, 5) is 4.12. The van der Waals surface area contributed by atoms with Crippen LogP contribution in [0.5, 0.6) is 0 Å². The molecule has 1 aliphatic rings. The molecule has 0 saturated heterocycles. The molecule has 0 amide bonds. The van der Waals surface area contributed by atoms with E-state index < -0.39 is 0 Å². The van der Waals surface area contributed by atoms with Gasteiger partial charge in [0.1, 0.15) is 6.20 Å². The highest BCUT2D eigenvalue weighted by molar-refractivity contribution is 5.90. The Kier molecular flexibility index (Phi) is 1.53. The van der Waals surface area contributed by atoms with Gasteiger partial charge in [-0.1, -0.05) is 0 Å². The number of nitrogens with one attached hydrogen (secondary N) is 1. The molecule has 1 atom stereocenters. The lowest BCUT2D eigenvalue weighted by molar-refractivity contribution is -0.778. The second kappa shape index (κ2) is 2.19. The second-order valence-electron chi connectivity index (χ2n) is 2.20. The van der Waals surface area contributed by atoms with Crippen LogP contribution in [0.3, 0.4) is 0 Å². The number of rotatable bonds is 0. The van der Waals surface area contributed by atoms with E-state index in [9.17, 15) is 0 Å². The van der Waals surface area contributed by atoms with Gasteiger partial charge < -0.3 is 4.99 Å². The molecular formula is C6H11N3. The third-order valence-electron chi connectivity index (χ3n) is 1.09. The van der Waals surface area contributed by atoms with Crippen molar-refractivity contribution in [3.63, 3.8) is 0 Å². The van der Waals surface area contributed by atoms with Crippen LogP contribution in [-0.4, -0.2) is 12.9 Å². The van der Waals surface area contributed by atoms with Crippen molar-refractivity contribution >= 4 is 5.84 Å². The standard InChI is InChI=1S/C6H11N3/c1-5-4-9(3)8-6(2)7-5/h4,9H,1-3H3. The molecule has 0 aromatic carbocycles. The summed E-state index contributed by atoms with van der Waals surface area (Å²) < 4.78 is 0. The van der Waals surface area contributed by atoms with Gasteiger partial charge in [-0.3, -0.25) is 10.4 Å². The lowest BCUT2D eigenvalue weighted by Gasteiger charge is -2.23. The summed E-state index contributed by atoms with van der Waals surface area (Å²) in [5.41, 5.74) is 5.16. The highest BCUT2D eigenvalue weighted by Gasteiger charge is 1.95. The summed E-state index contributed by atoms with van der Waals surface area (Å²) in [5, 5.41) is 1.04. The zero-order valence-corrected chi connectivity index (χ0v) is 5.97. The average Bonchev–Trinajstić information content (AvgIpc) is 1.59. The van der Waals surface area contributed by atoms with Crippen molar-refractivity contribution in [1.82, 2.24) is 0 Å². The fourth-order valence-electron chi connectivity index (χ4n) is 0.902. The smallest absolute Gasteiger partial charge is 0.103 e. The summed E-state index contributed by atoms with van der Waals surface area (Å²) in [5.74, 6) is 0.854. The van der Waals surface area contributed by atoms with Gasteiger partial charge in [-0.05, 0) is 25.4 Å². The maximum atomic E-state index is 4.12. The molecule has 1 N–H and O–H groups in total. The Labute approximate surface area is 55.0 Å². The second-order valence-corrected chi connectivity index (χ2v) is 2.20. The van der Waals surface area contributed by atoms with E-state index in [1.165, 1.54) is 0 Å². The zero-order valence-electron chi connectivity index (χ0n) is 5.97. The van der Waals surface area contributed by atoms with Gasteiger partial charge in [-0.15, -0.1) is 0 Å². The van der Waals surface area contributed by atoms with Crippen LogP contribution in [0.2, 0.25) is 0 Å². The van der Waals surface area contributed by atoms with E-state index in [1.807, 2.05) is 27.1 Å². The van der Waals surface area contributed by atoms with Gasteiger partial charge in [-0.25, -0.2) is 0 Å². The highest BCUT2D eigenvalue weighted by atomic mass is 15.5. The first-order valence-electron chi connectivity index (χ1n) is 2.97. The van der Waals surface area contributed by atoms with Gasteiger partial charge in [0.25, 0.3) is 0 Å². The number of hydrogen-bond acceptors (Lipinski definition) is 1. The number of aliphatic imine (C=N–C) groups is 1. The Hall–Kier alpha value is -0.830. The van der Waals surface area contributed by atoms with Crippen LogP contribution in [0.25, 0.3) is 5.43 Å². The van der Waals surface area contributed by atoms with Crippen LogP contribution in [0, 0.1) is 0 Å². The molecule has 0 fully saturated rings. The average molecular weight is 125 g/mol. The Morgan fingerprint density at radius 1 is 1.56 bits per heavy atom. The summed E-state index contributed by atoms with van der Waals surface area (Å²) in [6.07, 6.45) is 1.97. The number of nitrogens with zero attached hydrogens (tertiary/aromatic N) is 2. The topological polar surface area (TPSA) is 30.9 Å². The lowest BCUT2D eigenvalue weighted by atomic mass is 10.5. The van der Waals surface area contributed by atoms with Crippen LogP contribution < -0.4 is 5.01 Å². The van der Waals surface area contributed by atoms with Crippen molar-refractivity contribution < 1.29 is 5.01 Å². The molecule has 0 radical (unpaired) electrons. The normalized spacial score (nSPS) is 26.3. The van der Waals surface area contributed by atoms with E-state index in [1.54, 1.807) is 0 Å². The maximum absolute atomic E-state index is 4.12. The molecule has 0 aromatic heterocycles. The first kappa shape index (κ1) is 6.29. The highest BCUT2D eigenvalue weighted by Crippen LogP contribution is 1.97. The van der Waals surface area contributed by atoms with Crippen LogP contribution >= 0.6 is 0 Å². The largest absolute Gasteiger partial charge is 0.436 e. The van der Waals surface area contributed by atoms with Gasteiger partial charge in [0.2, 0.25) is 0 Å². The van der Waals surface area contributed by atoms with E-state index in [-0.39, 0.29) is 0 Å². The molecule has 3 heteroatoms. The molecule has 50 valence electrons. The first-order chi connectivity index (χ1) is 4.18. The SMILES string of the molecule is CC1=C[NH+](C)[N-]C(C)=N1. The minimum absolute atomic E-state index is 0.854. The van der Waals surface area contributed by atoms with Gasteiger partial charge in [-0.2, -0.15) is 0 Å². The summed E-state index contributed by atoms with van der Waals surface area (Å²) in [7, 11) is 1.97. The van der Waals surface area contributed by atoms with E-state index in [2.05, 4.69) is 10.4 Å². The molecule has 0 bridgehead atoms. The molecule has 1 aliphatic heterocycles. The molecule has 0 spiro atoms. The lowest BCUT2D eigenvalue weighted by Crippen LogP contribution is -3.00. The van der Waals surface area contributed by atoms with Crippen molar-refractivity contribution in [2.24, 2.45) is 4.99 Å². The summed E-state index contributed by atoms with van der Waals surface area (Å²) >= 11 is 0. The van der Waals surface area contributed by atoms with E-state index >= 15 is 0 Å². The predicted molar refractivity (Wildman–Crippen MR) is 37.1 cm³/mol. The van der Waals surface area contributed by atoms with E-state index in [4.69, 9.17) is 0 Å². The van der Waals surface area contributed by atoms with Crippen molar-refractivity contribution in [2.45, 2.75) is 13.8 Å². The molecule has 3 nitrogen and oxygen atoms in total. The van der Waals surface area contributed by atoms with Gasteiger partial charge in [0.05, 0.1) is 7.05 Å². The van der Waals surface area contributed by atoms with Crippen LogP contribution in [0.4, 0.5) is 0 Å². The molecular weight excluding hydrogens is 114 g/mol. The molecule has 1 unspecified atom stereocenters.